The largest absolute Gasteiger partial charge is 0.330 e. The first-order valence-electron chi connectivity index (χ1n) is 6.66. The Morgan fingerprint density at radius 3 is 3.18 bits per heavy atom. The number of pyridine rings is 1. The van der Waals surface area contributed by atoms with Gasteiger partial charge >= 0.3 is 0 Å². The lowest BCUT2D eigenvalue weighted by atomic mass is 10.1. The third kappa shape index (κ3) is 3.27. The first-order chi connectivity index (χ1) is 8.31. The summed E-state index contributed by atoms with van der Waals surface area (Å²) in [4.78, 5) is 7.06. The summed E-state index contributed by atoms with van der Waals surface area (Å²) in [6.45, 7) is 5.17. The Labute approximate surface area is 104 Å². The maximum absolute atomic E-state index is 5.60. The molecule has 1 aliphatic heterocycles. The maximum Gasteiger partial charge on any atom is 0.0573 e. The fourth-order valence-electron chi connectivity index (χ4n) is 2.66. The van der Waals surface area contributed by atoms with E-state index in [-0.39, 0.29) is 0 Å². The van der Waals surface area contributed by atoms with E-state index < -0.39 is 0 Å². The van der Waals surface area contributed by atoms with E-state index >= 15 is 0 Å². The third-order valence-electron chi connectivity index (χ3n) is 3.71. The van der Waals surface area contributed by atoms with E-state index in [9.17, 15) is 0 Å². The fourth-order valence-corrected chi connectivity index (χ4v) is 2.66. The predicted molar refractivity (Wildman–Crippen MR) is 70.7 cm³/mol. The Hall–Kier alpha value is -0.930. The smallest absolute Gasteiger partial charge is 0.0573 e. The molecule has 2 heterocycles. The minimum absolute atomic E-state index is 0.722. The van der Waals surface area contributed by atoms with Gasteiger partial charge in [0.15, 0.2) is 0 Å². The van der Waals surface area contributed by atoms with Gasteiger partial charge in [-0.05, 0) is 57.3 Å². The van der Waals surface area contributed by atoms with Crippen LogP contribution in [0.3, 0.4) is 0 Å². The van der Waals surface area contributed by atoms with E-state index in [0.29, 0.717) is 0 Å². The van der Waals surface area contributed by atoms with Crippen LogP contribution in [0.5, 0.6) is 0 Å². The zero-order valence-corrected chi connectivity index (χ0v) is 10.7. The number of rotatable bonds is 5. The molecule has 0 aromatic carbocycles. The average molecular weight is 233 g/mol. The highest BCUT2D eigenvalue weighted by Gasteiger charge is 2.24. The van der Waals surface area contributed by atoms with Gasteiger partial charge in [0.2, 0.25) is 0 Å². The molecular formula is C14H23N3. The minimum atomic E-state index is 0.722. The van der Waals surface area contributed by atoms with E-state index in [1.165, 1.54) is 37.1 Å². The molecular weight excluding hydrogens is 210 g/mol. The van der Waals surface area contributed by atoms with E-state index in [1.54, 1.807) is 0 Å². The zero-order valence-electron chi connectivity index (χ0n) is 10.7. The molecule has 3 heteroatoms. The summed E-state index contributed by atoms with van der Waals surface area (Å²) in [7, 11) is 0. The second-order valence-corrected chi connectivity index (χ2v) is 4.96. The van der Waals surface area contributed by atoms with E-state index in [4.69, 9.17) is 5.73 Å². The van der Waals surface area contributed by atoms with Crippen LogP contribution in [0.1, 0.15) is 36.9 Å². The first-order valence-corrected chi connectivity index (χ1v) is 6.66. The van der Waals surface area contributed by atoms with Gasteiger partial charge in [-0.25, -0.2) is 0 Å². The predicted octanol–water partition coefficient (Wildman–Crippen LogP) is 2.09. The second kappa shape index (κ2) is 6.12. The number of hydrogen-bond acceptors (Lipinski definition) is 3. The highest BCUT2D eigenvalue weighted by atomic mass is 15.2. The van der Waals surface area contributed by atoms with Crippen LogP contribution in [-0.4, -0.2) is 29.0 Å². The van der Waals surface area contributed by atoms with Crippen molar-refractivity contribution in [1.82, 2.24) is 9.88 Å². The molecule has 1 fully saturated rings. The van der Waals surface area contributed by atoms with Gasteiger partial charge in [0.25, 0.3) is 0 Å². The molecule has 2 N–H and O–H groups in total. The van der Waals surface area contributed by atoms with Gasteiger partial charge in [-0.15, -0.1) is 0 Å². The van der Waals surface area contributed by atoms with Gasteiger partial charge in [-0.2, -0.15) is 0 Å². The minimum Gasteiger partial charge on any atom is -0.330 e. The summed E-state index contributed by atoms with van der Waals surface area (Å²) in [5.41, 5.74) is 8.13. The molecule has 1 saturated heterocycles. The molecule has 0 saturated carbocycles. The molecule has 1 aromatic rings. The van der Waals surface area contributed by atoms with Crippen molar-refractivity contribution >= 4 is 0 Å². The standard InChI is InChI=1S/C14H23N3/c1-12-5-3-9-16-14(12)11-17-10-4-7-13(17)6-2-8-15/h3,5,9,13H,2,4,6-8,10-11,15H2,1H3. The zero-order chi connectivity index (χ0) is 12.1. The van der Waals surface area contributed by atoms with Gasteiger partial charge in [0.05, 0.1) is 5.69 Å². The summed E-state index contributed by atoms with van der Waals surface area (Å²) in [5, 5.41) is 0. The summed E-state index contributed by atoms with van der Waals surface area (Å²) >= 11 is 0. The molecule has 94 valence electrons. The molecule has 3 nitrogen and oxygen atoms in total. The molecule has 1 aromatic heterocycles. The molecule has 0 aliphatic carbocycles. The van der Waals surface area contributed by atoms with Crippen molar-refractivity contribution in [2.24, 2.45) is 5.73 Å². The Bertz CT molecular complexity index is 351. The Balaban J connectivity index is 1.95. The quantitative estimate of drug-likeness (QED) is 0.847. The summed E-state index contributed by atoms with van der Waals surface area (Å²) < 4.78 is 0. The number of likely N-dealkylation sites (tertiary alicyclic amines) is 1. The number of aromatic nitrogens is 1. The van der Waals surface area contributed by atoms with Crippen molar-refractivity contribution in [2.75, 3.05) is 13.1 Å². The van der Waals surface area contributed by atoms with Crippen molar-refractivity contribution in [3.8, 4) is 0 Å². The van der Waals surface area contributed by atoms with Crippen LogP contribution in [0.4, 0.5) is 0 Å². The lowest BCUT2D eigenvalue weighted by Crippen LogP contribution is -2.30. The summed E-state index contributed by atoms with van der Waals surface area (Å²) in [5.74, 6) is 0. The fraction of sp³-hybridized carbons (Fsp3) is 0.643. The average Bonchev–Trinajstić information content (AvgIpc) is 2.77. The first kappa shape index (κ1) is 12.5. The van der Waals surface area contributed by atoms with Crippen LogP contribution in [0.15, 0.2) is 18.3 Å². The molecule has 0 amide bonds. The SMILES string of the molecule is Cc1cccnc1CN1CCCC1CCCN. The molecule has 0 radical (unpaired) electrons. The molecule has 0 bridgehead atoms. The van der Waals surface area contributed by atoms with Gasteiger partial charge in [-0.3, -0.25) is 9.88 Å². The molecule has 17 heavy (non-hydrogen) atoms. The van der Waals surface area contributed by atoms with Crippen molar-refractivity contribution in [2.45, 2.75) is 45.2 Å². The highest BCUT2D eigenvalue weighted by Crippen LogP contribution is 2.23. The van der Waals surface area contributed by atoms with Crippen LogP contribution in [0.2, 0.25) is 0 Å². The Kier molecular flexibility index (Phi) is 4.51. The van der Waals surface area contributed by atoms with Crippen LogP contribution < -0.4 is 5.73 Å². The van der Waals surface area contributed by atoms with E-state index in [1.807, 2.05) is 12.3 Å². The Morgan fingerprint density at radius 1 is 1.53 bits per heavy atom. The molecule has 1 unspecified atom stereocenters. The van der Waals surface area contributed by atoms with Crippen LogP contribution in [0.25, 0.3) is 0 Å². The normalized spacial score (nSPS) is 20.9. The van der Waals surface area contributed by atoms with Crippen molar-refractivity contribution in [3.05, 3.63) is 29.6 Å². The summed E-state index contributed by atoms with van der Waals surface area (Å²) in [6, 6.07) is 4.88. The molecule has 1 atom stereocenters. The van der Waals surface area contributed by atoms with Gasteiger partial charge in [-0.1, -0.05) is 6.07 Å². The van der Waals surface area contributed by atoms with Crippen LogP contribution in [-0.2, 0) is 6.54 Å². The number of nitrogens with zero attached hydrogens (tertiary/aromatic N) is 2. The van der Waals surface area contributed by atoms with E-state index in [0.717, 1.165) is 25.6 Å². The third-order valence-corrected chi connectivity index (χ3v) is 3.71. The lowest BCUT2D eigenvalue weighted by Gasteiger charge is -2.24. The van der Waals surface area contributed by atoms with E-state index in [2.05, 4.69) is 22.9 Å². The van der Waals surface area contributed by atoms with Crippen molar-refractivity contribution in [1.29, 1.82) is 0 Å². The van der Waals surface area contributed by atoms with Crippen molar-refractivity contribution in [3.63, 3.8) is 0 Å². The number of aryl methyl sites for hydroxylation is 1. The van der Waals surface area contributed by atoms with Crippen LogP contribution >= 0.6 is 0 Å². The molecule has 2 rings (SSSR count). The Morgan fingerprint density at radius 2 is 2.41 bits per heavy atom. The van der Waals surface area contributed by atoms with Gasteiger partial charge < -0.3 is 5.73 Å². The molecule has 0 spiro atoms. The van der Waals surface area contributed by atoms with Crippen molar-refractivity contribution < 1.29 is 0 Å². The lowest BCUT2D eigenvalue weighted by molar-refractivity contribution is 0.229. The summed E-state index contributed by atoms with van der Waals surface area (Å²) in [6.07, 6.45) is 6.92. The monoisotopic (exact) mass is 233 g/mol. The van der Waals surface area contributed by atoms with Gasteiger partial charge in [0.1, 0.15) is 0 Å². The molecule has 1 aliphatic rings. The highest BCUT2D eigenvalue weighted by molar-refractivity contribution is 5.17. The maximum atomic E-state index is 5.60. The van der Waals surface area contributed by atoms with Gasteiger partial charge in [0, 0.05) is 18.8 Å². The topological polar surface area (TPSA) is 42.2 Å². The second-order valence-electron chi connectivity index (χ2n) is 4.96. The van der Waals surface area contributed by atoms with Crippen LogP contribution in [0, 0.1) is 6.92 Å². The number of hydrogen-bond donors (Lipinski definition) is 1. The number of nitrogens with two attached hydrogens (primary N) is 1.